The van der Waals surface area contributed by atoms with Crippen molar-refractivity contribution in [2.24, 2.45) is 0 Å². The van der Waals surface area contributed by atoms with Crippen LogP contribution in [0.15, 0.2) is 160 Å². The Labute approximate surface area is 344 Å². The Bertz CT molecular complexity index is 3140. The molecule has 2 aromatic heterocycles. The first-order chi connectivity index (χ1) is 29.3. The number of benzene rings is 7. The fraction of sp³-hybridized carbons (Fsp3) is 0.148. The molecule has 2 aliphatic heterocycles. The van der Waals surface area contributed by atoms with E-state index < -0.39 is 0 Å². The molecule has 4 nitrogen and oxygen atoms in total. The zero-order valence-corrected chi connectivity index (χ0v) is 32.9. The molecule has 0 saturated heterocycles. The van der Waals surface area contributed by atoms with E-state index >= 15 is 0 Å². The average molecular weight is 761 g/mol. The molecule has 9 aromatic rings. The number of hydrogen-bond acceptors (Lipinski definition) is 4. The second-order valence-corrected chi connectivity index (χ2v) is 16.9. The fourth-order valence-corrected chi connectivity index (χ4v) is 10.9. The van der Waals surface area contributed by atoms with Crippen LogP contribution in [0.4, 0.5) is 34.3 Å². The molecular weight excluding hydrogens is 719 g/mol. The molecule has 4 heterocycles. The van der Waals surface area contributed by atoms with Gasteiger partial charge in [-0.3, -0.25) is 4.90 Å². The van der Waals surface area contributed by atoms with Crippen molar-refractivity contribution in [3.05, 3.63) is 174 Å². The maximum atomic E-state index is 7.23. The summed E-state index contributed by atoms with van der Waals surface area (Å²) < 4.78 is 14.4. The standard InChI is InChI=1S/C54H41BN2O2/c1-3-16-34(17-4-1)42-30-36-20-7-9-22-38(36)32-46(42)56-44-26-15-27-45-51(44)55(53-52(56)41-25-12-14-29-49(41)58-53)50-40-24-11-13-28-48(40)59-54(50)57(45)47-33-39-23-10-8-21-37(39)31-43(47)35-18-5-2-6-19-35/h1-6,11-19,24-33H,7-10,20-23H2. The molecule has 0 fully saturated rings. The van der Waals surface area contributed by atoms with E-state index in [1.54, 1.807) is 0 Å². The van der Waals surface area contributed by atoms with Crippen LogP contribution in [0.2, 0.25) is 0 Å². The van der Waals surface area contributed by atoms with Crippen LogP contribution >= 0.6 is 0 Å². The van der Waals surface area contributed by atoms with Crippen molar-refractivity contribution in [1.29, 1.82) is 0 Å². The average Bonchev–Trinajstić information content (AvgIpc) is 3.88. The quantitative estimate of drug-likeness (QED) is 0.167. The number of hydrogen-bond donors (Lipinski definition) is 0. The minimum absolute atomic E-state index is 0.189. The first kappa shape index (κ1) is 33.3. The minimum Gasteiger partial charge on any atom is -0.468 e. The Morgan fingerprint density at radius 1 is 0.407 bits per heavy atom. The van der Waals surface area contributed by atoms with Crippen molar-refractivity contribution in [3.63, 3.8) is 0 Å². The SMILES string of the molecule is c1ccc(-c2cc3c(cc2N2c4cccc5c4B(c4oc6ccccc6c4N5c4cc5c(cc4-c4ccccc4)CCCC5)c4c2oc2ccccc42)CCCC3)cc1. The second-order valence-electron chi connectivity index (χ2n) is 16.9. The van der Waals surface area contributed by atoms with Gasteiger partial charge in [-0.25, -0.2) is 0 Å². The van der Waals surface area contributed by atoms with E-state index in [9.17, 15) is 0 Å². The third kappa shape index (κ3) is 4.91. The van der Waals surface area contributed by atoms with Crippen LogP contribution in [-0.2, 0) is 25.7 Å². The normalized spacial score (nSPS) is 15.2. The summed E-state index contributed by atoms with van der Waals surface area (Å²) in [6.07, 6.45) is 9.31. The van der Waals surface area contributed by atoms with Crippen LogP contribution in [0.1, 0.15) is 47.9 Å². The first-order valence-electron chi connectivity index (χ1n) is 21.5. The predicted octanol–water partition coefficient (Wildman–Crippen LogP) is 12.4. The van der Waals surface area contributed by atoms with Crippen molar-refractivity contribution in [1.82, 2.24) is 0 Å². The van der Waals surface area contributed by atoms with Gasteiger partial charge < -0.3 is 13.7 Å². The van der Waals surface area contributed by atoms with Crippen LogP contribution in [0.25, 0.3) is 44.2 Å². The smallest absolute Gasteiger partial charge is 0.302 e. The van der Waals surface area contributed by atoms with Gasteiger partial charge in [0.25, 0.3) is 0 Å². The van der Waals surface area contributed by atoms with Gasteiger partial charge >= 0.3 is 6.71 Å². The lowest BCUT2D eigenvalue weighted by Crippen LogP contribution is -2.60. The van der Waals surface area contributed by atoms with Gasteiger partial charge in [-0.05, 0) is 145 Å². The molecule has 2 aliphatic carbocycles. The molecule has 13 rings (SSSR count). The monoisotopic (exact) mass is 760 g/mol. The van der Waals surface area contributed by atoms with Crippen LogP contribution in [-0.4, -0.2) is 6.71 Å². The van der Waals surface area contributed by atoms with Gasteiger partial charge in [0.05, 0.1) is 22.7 Å². The summed E-state index contributed by atoms with van der Waals surface area (Å²) in [5.74, 6) is 0.868. The number of rotatable bonds is 4. The van der Waals surface area contributed by atoms with E-state index in [0.29, 0.717) is 0 Å². The number of nitrogens with zero attached hydrogens (tertiary/aromatic N) is 2. The summed E-state index contributed by atoms with van der Waals surface area (Å²) in [5, 5.41) is 2.24. The molecule has 0 bridgehead atoms. The molecule has 0 radical (unpaired) electrons. The number of anilines is 6. The number of furan rings is 2. The van der Waals surface area contributed by atoms with Crippen molar-refractivity contribution < 1.29 is 8.83 Å². The molecule has 282 valence electrons. The maximum Gasteiger partial charge on any atom is 0.302 e. The molecule has 0 unspecified atom stereocenters. The summed E-state index contributed by atoms with van der Waals surface area (Å²) in [6, 6.07) is 56.0. The summed E-state index contributed by atoms with van der Waals surface area (Å²) >= 11 is 0. The van der Waals surface area contributed by atoms with Gasteiger partial charge in [0, 0.05) is 38.7 Å². The van der Waals surface area contributed by atoms with E-state index in [-0.39, 0.29) is 6.71 Å². The lowest BCUT2D eigenvalue weighted by molar-refractivity contribution is 0.621. The van der Waals surface area contributed by atoms with E-state index in [0.717, 1.165) is 81.7 Å². The Morgan fingerprint density at radius 3 is 1.51 bits per heavy atom. The van der Waals surface area contributed by atoms with Crippen LogP contribution in [0, 0.1) is 0 Å². The lowest BCUT2D eigenvalue weighted by Gasteiger charge is -2.41. The molecule has 0 spiro atoms. The van der Waals surface area contributed by atoms with Crippen LogP contribution < -0.4 is 26.4 Å². The number of para-hydroxylation sites is 2. The molecule has 0 saturated carbocycles. The van der Waals surface area contributed by atoms with Gasteiger partial charge in [0.15, 0.2) is 0 Å². The summed E-state index contributed by atoms with van der Waals surface area (Å²) in [4.78, 5) is 5.02. The molecule has 0 amide bonds. The predicted molar refractivity (Wildman–Crippen MR) is 244 cm³/mol. The van der Waals surface area contributed by atoms with Gasteiger partial charge in [0.2, 0.25) is 5.88 Å². The molecule has 0 atom stereocenters. The third-order valence-electron chi connectivity index (χ3n) is 13.6. The topological polar surface area (TPSA) is 32.8 Å². The Kier molecular flexibility index (Phi) is 7.27. The second kappa shape index (κ2) is 12.9. The highest BCUT2D eigenvalue weighted by Gasteiger charge is 2.49. The van der Waals surface area contributed by atoms with E-state index in [1.165, 1.54) is 87.0 Å². The van der Waals surface area contributed by atoms with E-state index in [4.69, 9.17) is 8.83 Å². The number of fused-ring (bicyclic) bond motifs is 10. The van der Waals surface area contributed by atoms with Gasteiger partial charge in [0.1, 0.15) is 11.2 Å². The van der Waals surface area contributed by atoms with Gasteiger partial charge in [-0.2, -0.15) is 0 Å². The van der Waals surface area contributed by atoms with Crippen LogP contribution in [0.3, 0.4) is 0 Å². The largest absolute Gasteiger partial charge is 0.468 e. The summed E-state index contributed by atoms with van der Waals surface area (Å²) in [7, 11) is 0. The third-order valence-corrected chi connectivity index (χ3v) is 13.6. The Hall–Kier alpha value is -6.72. The van der Waals surface area contributed by atoms with Crippen LogP contribution in [0.5, 0.6) is 0 Å². The molecule has 5 heteroatoms. The minimum atomic E-state index is -0.189. The fourth-order valence-electron chi connectivity index (χ4n) is 10.9. The zero-order chi connectivity index (χ0) is 38.6. The molecular formula is C54H41BN2O2. The molecule has 7 aromatic carbocycles. The Morgan fingerprint density at radius 2 is 0.898 bits per heavy atom. The highest BCUT2D eigenvalue weighted by atomic mass is 16.4. The maximum absolute atomic E-state index is 7.23. The van der Waals surface area contributed by atoms with Crippen molar-refractivity contribution in [3.8, 4) is 22.3 Å². The first-order valence-corrected chi connectivity index (χ1v) is 21.5. The zero-order valence-electron chi connectivity index (χ0n) is 32.9. The van der Waals surface area contributed by atoms with E-state index in [1.807, 2.05) is 0 Å². The molecule has 59 heavy (non-hydrogen) atoms. The highest BCUT2D eigenvalue weighted by molar-refractivity contribution is 7.01. The molecule has 0 N–H and O–H groups in total. The van der Waals surface area contributed by atoms with Crippen molar-refractivity contribution in [2.75, 3.05) is 9.80 Å². The number of aryl methyl sites for hydroxylation is 4. The summed E-state index contributed by atoms with van der Waals surface area (Å²) in [6.45, 7) is -0.189. The van der Waals surface area contributed by atoms with Gasteiger partial charge in [-0.1, -0.05) is 97.1 Å². The van der Waals surface area contributed by atoms with Gasteiger partial charge in [-0.15, -0.1) is 0 Å². The van der Waals surface area contributed by atoms with Crippen molar-refractivity contribution in [2.45, 2.75) is 51.4 Å². The lowest BCUT2D eigenvalue weighted by atomic mass is 9.35. The highest BCUT2D eigenvalue weighted by Crippen LogP contribution is 2.52. The summed E-state index contributed by atoms with van der Waals surface area (Å²) in [5.41, 5.74) is 21.7. The Balaban J connectivity index is 1.15. The van der Waals surface area contributed by atoms with E-state index in [2.05, 4.69) is 161 Å². The van der Waals surface area contributed by atoms with Crippen molar-refractivity contribution >= 4 is 79.6 Å². The molecule has 4 aliphatic rings.